The molecule has 1 aliphatic rings. The number of carboxylic acid groups (broad SMARTS) is 1. The van der Waals surface area contributed by atoms with Gasteiger partial charge in [-0.15, -0.1) is 0 Å². The van der Waals surface area contributed by atoms with E-state index in [2.05, 4.69) is 10.6 Å². The van der Waals surface area contributed by atoms with E-state index in [-0.39, 0.29) is 50.1 Å². The number of nitrogens with two attached hydrogens (primary N) is 2. The van der Waals surface area contributed by atoms with Gasteiger partial charge in [-0.25, -0.2) is 4.79 Å². The fraction of sp³-hybridized carbons (Fsp3) is 0.393. The lowest BCUT2D eigenvalue weighted by molar-refractivity contribution is -0.149. The minimum Gasteiger partial charge on any atom is -0.508 e. The van der Waals surface area contributed by atoms with E-state index in [0.717, 1.165) is 4.90 Å². The van der Waals surface area contributed by atoms with Crippen LogP contribution in [-0.2, 0) is 36.8 Å². The molecule has 4 amide bonds. The van der Waals surface area contributed by atoms with Crippen LogP contribution in [0.5, 0.6) is 11.5 Å². The number of aliphatic carboxylic acids is 1. The van der Waals surface area contributed by atoms with Gasteiger partial charge in [0.2, 0.25) is 23.6 Å². The highest BCUT2D eigenvalue weighted by atomic mass is 16.4. The highest BCUT2D eigenvalue weighted by Crippen LogP contribution is 2.20. The molecule has 2 aromatic rings. The second kappa shape index (κ2) is 14.1. The molecule has 0 bridgehead atoms. The third-order valence-electron chi connectivity index (χ3n) is 6.85. The van der Waals surface area contributed by atoms with Crippen LogP contribution in [0.1, 0.15) is 36.8 Å². The first-order valence-electron chi connectivity index (χ1n) is 13.2. The van der Waals surface area contributed by atoms with Crippen molar-refractivity contribution in [3.05, 3.63) is 59.7 Å². The Kier molecular flexibility index (Phi) is 10.6. The van der Waals surface area contributed by atoms with Crippen LogP contribution in [0.3, 0.4) is 0 Å². The number of aromatic hydroxyl groups is 2. The lowest BCUT2D eigenvalue weighted by atomic mass is 10.0. The highest BCUT2D eigenvalue weighted by Gasteiger charge is 2.38. The van der Waals surface area contributed by atoms with Crippen molar-refractivity contribution >= 4 is 29.6 Å². The zero-order chi connectivity index (χ0) is 30.1. The van der Waals surface area contributed by atoms with Gasteiger partial charge in [0.15, 0.2) is 0 Å². The third-order valence-corrected chi connectivity index (χ3v) is 6.85. The maximum atomic E-state index is 13.5. The molecule has 0 aliphatic carbocycles. The van der Waals surface area contributed by atoms with Crippen molar-refractivity contribution in [3.63, 3.8) is 0 Å². The number of likely N-dealkylation sites (tertiary alicyclic amines) is 1. The largest absolute Gasteiger partial charge is 0.508 e. The van der Waals surface area contributed by atoms with E-state index >= 15 is 0 Å². The lowest BCUT2D eigenvalue weighted by Gasteiger charge is -2.29. The first kappa shape index (κ1) is 30.9. The van der Waals surface area contributed by atoms with E-state index in [1.165, 1.54) is 24.3 Å². The number of hydrogen-bond donors (Lipinski definition) is 7. The summed E-state index contributed by atoms with van der Waals surface area (Å²) in [6.45, 7) is 0.179. The molecule has 0 saturated carbocycles. The van der Waals surface area contributed by atoms with E-state index in [4.69, 9.17) is 11.5 Å². The third kappa shape index (κ3) is 8.93. The van der Waals surface area contributed by atoms with Crippen molar-refractivity contribution in [1.29, 1.82) is 0 Å². The summed E-state index contributed by atoms with van der Waals surface area (Å²) in [5.41, 5.74) is 12.6. The van der Waals surface area contributed by atoms with Crippen molar-refractivity contribution in [2.24, 2.45) is 11.5 Å². The maximum absolute atomic E-state index is 13.5. The van der Waals surface area contributed by atoms with Gasteiger partial charge in [0.25, 0.3) is 0 Å². The van der Waals surface area contributed by atoms with Crippen molar-refractivity contribution in [1.82, 2.24) is 15.5 Å². The quantitative estimate of drug-likeness (QED) is 0.165. The van der Waals surface area contributed by atoms with Gasteiger partial charge in [0, 0.05) is 19.4 Å². The summed E-state index contributed by atoms with van der Waals surface area (Å²) in [4.78, 5) is 64.2. The van der Waals surface area contributed by atoms with Crippen molar-refractivity contribution in [2.75, 3.05) is 6.54 Å². The molecule has 0 spiro atoms. The number of hydrogen-bond acceptors (Lipinski definition) is 8. The molecule has 2 aromatic carbocycles. The molecule has 1 fully saturated rings. The SMILES string of the molecule is NC(=O)CCC(NC(=O)C(Cc1ccc(O)cc1)NC(=O)C(N)Cc1ccc(O)cc1)C(=O)N1CCCC1C(=O)O. The Morgan fingerprint density at radius 1 is 0.854 bits per heavy atom. The van der Waals surface area contributed by atoms with Crippen LogP contribution in [-0.4, -0.2) is 80.5 Å². The highest BCUT2D eigenvalue weighted by molar-refractivity contribution is 5.94. The number of benzene rings is 2. The second-order valence-electron chi connectivity index (χ2n) is 10.0. The summed E-state index contributed by atoms with van der Waals surface area (Å²) in [5, 5.41) is 33.8. The fourth-order valence-corrected chi connectivity index (χ4v) is 4.64. The number of phenols is 2. The minimum absolute atomic E-state index is 0.00502. The van der Waals surface area contributed by atoms with Gasteiger partial charge in [0.05, 0.1) is 6.04 Å². The number of rotatable bonds is 13. The van der Waals surface area contributed by atoms with Crippen molar-refractivity contribution in [2.45, 2.75) is 62.7 Å². The summed E-state index contributed by atoms with van der Waals surface area (Å²) in [5.74, 6) is -3.88. The van der Waals surface area contributed by atoms with E-state index < -0.39 is 53.8 Å². The van der Waals surface area contributed by atoms with Crippen LogP contribution in [0.15, 0.2) is 48.5 Å². The average Bonchev–Trinajstić information content (AvgIpc) is 3.43. The molecule has 220 valence electrons. The summed E-state index contributed by atoms with van der Waals surface area (Å²) in [6, 6.07) is 7.52. The number of nitrogens with one attached hydrogen (secondary N) is 2. The van der Waals surface area contributed by atoms with Gasteiger partial charge in [-0.1, -0.05) is 24.3 Å². The van der Waals surface area contributed by atoms with Crippen LogP contribution >= 0.6 is 0 Å². The predicted octanol–water partition coefficient (Wildman–Crippen LogP) is -0.479. The average molecular weight is 570 g/mol. The number of nitrogens with zero attached hydrogens (tertiary/aromatic N) is 1. The molecular formula is C28H35N5O8. The normalized spacial score (nSPS) is 16.8. The van der Waals surface area contributed by atoms with Crippen LogP contribution in [0.4, 0.5) is 0 Å². The summed E-state index contributed by atoms with van der Waals surface area (Å²) >= 11 is 0. The standard InChI is InChI=1S/C28H35N5O8/c29-20(14-16-3-7-18(34)8-4-16)25(37)32-22(15-17-5-9-19(35)10-6-17)26(38)31-21(11-12-24(30)36)27(39)33-13-1-2-23(33)28(40)41/h3-10,20-23,34-35H,1-2,11-15,29H2,(H2,30,36)(H,31,38)(H,32,37)(H,40,41). The Hall–Kier alpha value is -4.65. The Morgan fingerprint density at radius 2 is 1.39 bits per heavy atom. The molecule has 1 heterocycles. The summed E-state index contributed by atoms with van der Waals surface area (Å²) < 4.78 is 0. The van der Waals surface area contributed by atoms with Gasteiger partial charge in [-0.2, -0.15) is 0 Å². The Bertz CT molecular complexity index is 1250. The van der Waals surface area contributed by atoms with E-state index in [9.17, 15) is 39.3 Å². The van der Waals surface area contributed by atoms with Gasteiger partial charge in [0.1, 0.15) is 29.6 Å². The van der Waals surface area contributed by atoms with Gasteiger partial charge in [-0.3, -0.25) is 19.2 Å². The number of carbonyl (C=O) groups excluding carboxylic acids is 4. The lowest BCUT2D eigenvalue weighted by Crippen LogP contribution is -2.58. The van der Waals surface area contributed by atoms with Crippen LogP contribution in [0.2, 0.25) is 0 Å². The van der Waals surface area contributed by atoms with E-state index in [1.54, 1.807) is 24.3 Å². The first-order chi connectivity index (χ1) is 19.4. The predicted molar refractivity (Wildman–Crippen MR) is 146 cm³/mol. The molecule has 41 heavy (non-hydrogen) atoms. The number of primary amides is 1. The van der Waals surface area contributed by atoms with Crippen molar-refractivity contribution < 1.29 is 39.3 Å². The number of phenolic OH excluding ortho intramolecular Hbond substituents is 2. The Labute approximate surface area is 236 Å². The van der Waals surface area contributed by atoms with Gasteiger partial charge >= 0.3 is 5.97 Å². The van der Waals surface area contributed by atoms with Crippen LogP contribution in [0.25, 0.3) is 0 Å². The molecule has 9 N–H and O–H groups in total. The molecule has 0 aromatic heterocycles. The first-order valence-corrected chi connectivity index (χ1v) is 13.2. The number of carboxylic acids is 1. The van der Waals surface area contributed by atoms with Gasteiger partial charge < -0.3 is 42.3 Å². The number of amides is 4. The number of carbonyl (C=O) groups is 5. The topological polar surface area (TPSA) is 225 Å². The zero-order valence-electron chi connectivity index (χ0n) is 22.4. The Morgan fingerprint density at radius 3 is 1.93 bits per heavy atom. The van der Waals surface area contributed by atoms with Gasteiger partial charge in [-0.05, 0) is 61.1 Å². The molecule has 4 unspecified atom stereocenters. The van der Waals surface area contributed by atoms with E-state index in [0.29, 0.717) is 17.5 Å². The monoisotopic (exact) mass is 569 g/mol. The molecule has 3 rings (SSSR count). The van der Waals surface area contributed by atoms with Crippen molar-refractivity contribution in [3.8, 4) is 11.5 Å². The molecular weight excluding hydrogens is 534 g/mol. The molecule has 1 aliphatic heterocycles. The molecule has 13 heteroatoms. The minimum atomic E-state index is -1.26. The van der Waals surface area contributed by atoms with Crippen LogP contribution in [0, 0.1) is 0 Å². The Balaban J connectivity index is 1.80. The smallest absolute Gasteiger partial charge is 0.326 e. The summed E-state index contributed by atoms with van der Waals surface area (Å²) in [6.07, 6.45) is 0.415. The molecule has 13 nitrogen and oxygen atoms in total. The maximum Gasteiger partial charge on any atom is 0.326 e. The second-order valence-corrected chi connectivity index (χ2v) is 10.0. The fourth-order valence-electron chi connectivity index (χ4n) is 4.64. The summed E-state index contributed by atoms with van der Waals surface area (Å²) in [7, 11) is 0. The van der Waals surface area contributed by atoms with E-state index in [1.807, 2.05) is 0 Å². The van der Waals surface area contributed by atoms with Crippen LogP contribution < -0.4 is 22.1 Å². The molecule has 4 atom stereocenters. The zero-order valence-corrected chi connectivity index (χ0v) is 22.4. The molecule has 1 saturated heterocycles. The molecule has 0 radical (unpaired) electrons.